The Labute approximate surface area is 98.9 Å². The van der Waals surface area contributed by atoms with Crippen molar-refractivity contribution in [3.63, 3.8) is 0 Å². The highest BCUT2D eigenvalue weighted by atomic mass is 16.6. The standard InChI is InChI=1S/C12H26N2O2/c1-9(2)10(6-13)7-14-8-11(15)16-12(3,4)5/h9-10,14H,6-8,13H2,1-5H3. The van der Waals surface area contributed by atoms with Crippen molar-refractivity contribution in [1.29, 1.82) is 0 Å². The Balaban J connectivity index is 3.77. The minimum Gasteiger partial charge on any atom is -0.459 e. The Morgan fingerprint density at radius 3 is 2.31 bits per heavy atom. The molecule has 0 saturated heterocycles. The molecule has 0 saturated carbocycles. The quantitative estimate of drug-likeness (QED) is 0.672. The fraction of sp³-hybridized carbons (Fsp3) is 0.917. The van der Waals surface area contributed by atoms with Crippen LogP contribution < -0.4 is 11.1 Å². The third kappa shape index (κ3) is 7.65. The predicted octanol–water partition coefficient (Wildman–Crippen LogP) is 1.15. The van der Waals surface area contributed by atoms with Crippen LogP contribution in [0.5, 0.6) is 0 Å². The van der Waals surface area contributed by atoms with Gasteiger partial charge in [0.25, 0.3) is 0 Å². The molecule has 0 aliphatic carbocycles. The van der Waals surface area contributed by atoms with Gasteiger partial charge in [0.1, 0.15) is 5.60 Å². The second kappa shape index (κ2) is 6.86. The van der Waals surface area contributed by atoms with E-state index in [4.69, 9.17) is 10.5 Å². The van der Waals surface area contributed by atoms with Crippen LogP contribution in [0.3, 0.4) is 0 Å². The topological polar surface area (TPSA) is 64.3 Å². The molecule has 0 aromatic carbocycles. The van der Waals surface area contributed by atoms with E-state index in [-0.39, 0.29) is 12.5 Å². The maximum atomic E-state index is 11.4. The highest BCUT2D eigenvalue weighted by Gasteiger charge is 2.16. The van der Waals surface area contributed by atoms with Gasteiger partial charge in [-0.1, -0.05) is 13.8 Å². The maximum Gasteiger partial charge on any atom is 0.320 e. The minimum atomic E-state index is -0.413. The number of nitrogens with one attached hydrogen (secondary N) is 1. The van der Waals surface area contributed by atoms with Crippen molar-refractivity contribution in [3.05, 3.63) is 0 Å². The van der Waals surface area contributed by atoms with Crippen molar-refractivity contribution >= 4 is 5.97 Å². The van der Waals surface area contributed by atoms with Crippen molar-refractivity contribution < 1.29 is 9.53 Å². The lowest BCUT2D eigenvalue weighted by molar-refractivity contribution is -0.153. The Morgan fingerprint density at radius 1 is 1.38 bits per heavy atom. The third-order valence-electron chi connectivity index (χ3n) is 2.34. The second-order valence-electron chi connectivity index (χ2n) is 5.46. The molecule has 0 spiro atoms. The van der Waals surface area contributed by atoms with Gasteiger partial charge < -0.3 is 15.8 Å². The van der Waals surface area contributed by atoms with Crippen LogP contribution in [-0.4, -0.2) is 31.2 Å². The molecule has 16 heavy (non-hydrogen) atoms. The predicted molar refractivity (Wildman–Crippen MR) is 66.1 cm³/mol. The van der Waals surface area contributed by atoms with Gasteiger partial charge in [0.15, 0.2) is 0 Å². The average molecular weight is 230 g/mol. The van der Waals surface area contributed by atoms with Crippen molar-refractivity contribution in [2.75, 3.05) is 19.6 Å². The first-order valence-electron chi connectivity index (χ1n) is 5.89. The Hall–Kier alpha value is -0.610. The van der Waals surface area contributed by atoms with Crippen LogP contribution in [0, 0.1) is 11.8 Å². The lowest BCUT2D eigenvalue weighted by Crippen LogP contribution is -2.37. The van der Waals surface area contributed by atoms with E-state index >= 15 is 0 Å². The van der Waals surface area contributed by atoms with Crippen LogP contribution in [-0.2, 0) is 9.53 Å². The molecule has 3 N–H and O–H groups in total. The first kappa shape index (κ1) is 15.4. The van der Waals surface area contributed by atoms with E-state index in [9.17, 15) is 4.79 Å². The van der Waals surface area contributed by atoms with Gasteiger partial charge in [0.2, 0.25) is 0 Å². The van der Waals surface area contributed by atoms with Gasteiger partial charge >= 0.3 is 5.97 Å². The van der Waals surface area contributed by atoms with Gasteiger partial charge in [-0.25, -0.2) is 0 Å². The smallest absolute Gasteiger partial charge is 0.320 e. The minimum absolute atomic E-state index is 0.216. The Bertz CT molecular complexity index is 210. The summed E-state index contributed by atoms with van der Waals surface area (Å²) in [6, 6.07) is 0. The molecule has 1 unspecified atom stereocenters. The summed E-state index contributed by atoms with van der Waals surface area (Å²) in [5.41, 5.74) is 5.22. The lowest BCUT2D eigenvalue weighted by atomic mass is 9.96. The van der Waals surface area contributed by atoms with Crippen LogP contribution in [0.1, 0.15) is 34.6 Å². The molecule has 0 aliphatic heterocycles. The highest BCUT2D eigenvalue weighted by Crippen LogP contribution is 2.08. The molecule has 0 aromatic heterocycles. The number of hydrogen-bond acceptors (Lipinski definition) is 4. The van der Waals surface area contributed by atoms with E-state index in [0.717, 1.165) is 6.54 Å². The maximum absolute atomic E-state index is 11.4. The van der Waals surface area contributed by atoms with Crippen molar-refractivity contribution in [3.8, 4) is 0 Å². The zero-order valence-electron chi connectivity index (χ0n) is 11.2. The zero-order valence-corrected chi connectivity index (χ0v) is 11.2. The first-order chi connectivity index (χ1) is 7.26. The van der Waals surface area contributed by atoms with Gasteiger partial charge in [-0.05, 0) is 45.7 Å². The molecule has 0 aliphatic rings. The van der Waals surface area contributed by atoms with Crippen LogP contribution in [0.2, 0.25) is 0 Å². The number of esters is 1. The number of nitrogens with two attached hydrogens (primary N) is 1. The highest BCUT2D eigenvalue weighted by molar-refractivity contribution is 5.72. The first-order valence-corrected chi connectivity index (χ1v) is 5.89. The summed E-state index contributed by atoms with van der Waals surface area (Å²) in [4.78, 5) is 11.4. The van der Waals surface area contributed by atoms with Crippen molar-refractivity contribution in [2.45, 2.75) is 40.2 Å². The van der Waals surface area contributed by atoms with E-state index in [2.05, 4.69) is 19.2 Å². The molecule has 4 heteroatoms. The summed E-state index contributed by atoms with van der Waals surface area (Å²) in [5, 5.41) is 3.09. The fourth-order valence-electron chi connectivity index (χ4n) is 1.33. The monoisotopic (exact) mass is 230 g/mol. The van der Waals surface area contributed by atoms with E-state index in [1.54, 1.807) is 0 Å². The molecule has 0 heterocycles. The molecular weight excluding hydrogens is 204 g/mol. The Kier molecular flexibility index (Phi) is 6.60. The molecule has 0 rings (SSSR count). The molecule has 0 radical (unpaired) electrons. The molecular formula is C12H26N2O2. The summed E-state index contributed by atoms with van der Waals surface area (Å²) in [7, 11) is 0. The second-order valence-corrected chi connectivity index (χ2v) is 5.46. The van der Waals surface area contributed by atoms with Crippen molar-refractivity contribution in [1.82, 2.24) is 5.32 Å². The number of rotatable bonds is 6. The van der Waals surface area contributed by atoms with Gasteiger partial charge in [-0.15, -0.1) is 0 Å². The van der Waals surface area contributed by atoms with Gasteiger partial charge in [0.05, 0.1) is 6.54 Å². The van der Waals surface area contributed by atoms with E-state index in [1.165, 1.54) is 0 Å². The summed E-state index contributed by atoms with van der Waals surface area (Å²) >= 11 is 0. The van der Waals surface area contributed by atoms with E-state index < -0.39 is 5.60 Å². The van der Waals surface area contributed by atoms with E-state index in [1.807, 2.05) is 20.8 Å². The van der Waals surface area contributed by atoms with Gasteiger partial charge in [-0.2, -0.15) is 0 Å². The number of hydrogen-bond donors (Lipinski definition) is 2. The normalized spacial score (nSPS) is 13.9. The van der Waals surface area contributed by atoms with Crippen LogP contribution in [0.15, 0.2) is 0 Å². The summed E-state index contributed by atoms with van der Waals surface area (Å²) in [6.07, 6.45) is 0. The van der Waals surface area contributed by atoms with E-state index in [0.29, 0.717) is 18.4 Å². The fourth-order valence-corrected chi connectivity index (χ4v) is 1.33. The third-order valence-corrected chi connectivity index (χ3v) is 2.34. The number of carbonyl (C=O) groups excluding carboxylic acids is 1. The zero-order chi connectivity index (χ0) is 12.8. The van der Waals surface area contributed by atoms with Gasteiger partial charge in [0, 0.05) is 0 Å². The Morgan fingerprint density at radius 2 is 1.94 bits per heavy atom. The number of ether oxygens (including phenoxy) is 1. The molecule has 0 bridgehead atoms. The van der Waals surface area contributed by atoms with Gasteiger partial charge in [-0.3, -0.25) is 4.79 Å². The van der Waals surface area contributed by atoms with Crippen LogP contribution in [0.4, 0.5) is 0 Å². The lowest BCUT2D eigenvalue weighted by Gasteiger charge is -2.21. The van der Waals surface area contributed by atoms with Crippen LogP contribution in [0.25, 0.3) is 0 Å². The summed E-state index contributed by atoms with van der Waals surface area (Å²) in [5.74, 6) is 0.714. The summed E-state index contributed by atoms with van der Waals surface area (Å²) in [6.45, 7) is 11.5. The largest absolute Gasteiger partial charge is 0.459 e. The SMILES string of the molecule is CC(C)C(CN)CNCC(=O)OC(C)(C)C. The molecule has 0 amide bonds. The molecule has 96 valence electrons. The average Bonchev–Trinajstić information content (AvgIpc) is 2.08. The molecule has 4 nitrogen and oxygen atoms in total. The number of carbonyl (C=O) groups is 1. The van der Waals surface area contributed by atoms with Crippen molar-refractivity contribution in [2.24, 2.45) is 17.6 Å². The molecule has 0 aromatic rings. The van der Waals surface area contributed by atoms with Crippen LogP contribution >= 0.6 is 0 Å². The molecule has 0 fully saturated rings. The summed E-state index contributed by atoms with van der Waals surface area (Å²) < 4.78 is 5.18. The molecule has 1 atom stereocenters.